The molecule has 76 valence electrons. The van der Waals surface area contributed by atoms with Crippen LogP contribution in [0.25, 0.3) is 0 Å². The molecule has 1 aliphatic heterocycles. The van der Waals surface area contributed by atoms with Crippen LogP contribution in [0.2, 0.25) is 0 Å². The van der Waals surface area contributed by atoms with Crippen molar-refractivity contribution in [2.24, 2.45) is 7.05 Å². The maximum Gasteiger partial charge on any atom is 0.372 e. The monoisotopic (exact) mass is 195 g/mol. The second-order valence-corrected chi connectivity index (χ2v) is 3.68. The highest BCUT2D eigenvalue weighted by atomic mass is 16.4. The largest absolute Gasteiger partial charge is 0.475 e. The third-order valence-corrected chi connectivity index (χ3v) is 2.64. The maximum atomic E-state index is 10.8. The van der Waals surface area contributed by atoms with Crippen LogP contribution in [-0.4, -0.2) is 39.1 Å². The summed E-state index contributed by atoms with van der Waals surface area (Å²) in [6.07, 6.45) is 0.840. The minimum atomic E-state index is -0.954. The average Bonchev–Trinajstić information content (AvgIpc) is 2.44. The topological polar surface area (TPSA) is 58.4 Å². The van der Waals surface area contributed by atoms with Gasteiger partial charge in [0.1, 0.15) is 0 Å². The molecule has 14 heavy (non-hydrogen) atoms. The molecule has 0 saturated heterocycles. The Labute approximate surface area is 82.0 Å². The Kier molecular flexibility index (Phi) is 2.03. The first-order valence-corrected chi connectivity index (χ1v) is 4.56. The number of aromatic carboxylic acids is 1. The van der Waals surface area contributed by atoms with Gasteiger partial charge in [-0.25, -0.2) is 9.78 Å². The molecule has 1 aliphatic rings. The Bertz CT molecular complexity index is 384. The summed E-state index contributed by atoms with van der Waals surface area (Å²) in [5.74, 6) is -0.810. The van der Waals surface area contributed by atoms with Crippen molar-refractivity contribution >= 4 is 5.97 Å². The zero-order valence-electron chi connectivity index (χ0n) is 8.32. The van der Waals surface area contributed by atoms with E-state index >= 15 is 0 Å². The molecule has 5 heteroatoms. The molecule has 0 fully saturated rings. The van der Waals surface area contributed by atoms with Gasteiger partial charge < -0.3 is 14.6 Å². The molecule has 0 radical (unpaired) electrons. The molecule has 0 aromatic carbocycles. The van der Waals surface area contributed by atoms with Crippen LogP contribution >= 0.6 is 0 Å². The van der Waals surface area contributed by atoms with Gasteiger partial charge in [0.15, 0.2) is 0 Å². The molecule has 0 bridgehead atoms. The number of hydrogen-bond donors (Lipinski definition) is 1. The Morgan fingerprint density at radius 2 is 2.21 bits per heavy atom. The summed E-state index contributed by atoms with van der Waals surface area (Å²) in [5.41, 5.74) is 1.96. The van der Waals surface area contributed by atoms with Crippen LogP contribution in [0.4, 0.5) is 0 Å². The van der Waals surface area contributed by atoms with Crippen LogP contribution in [0, 0.1) is 0 Å². The summed E-state index contributed by atoms with van der Waals surface area (Å²) in [6.45, 7) is 1.73. The van der Waals surface area contributed by atoms with E-state index in [1.165, 1.54) is 0 Å². The molecule has 0 spiro atoms. The molecular weight excluding hydrogens is 182 g/mol. The van der Waals surface area contributed by atoms with Gasteiger partial charge in [-0.3, -0.25) is 0 Å². The van der Waals surface area contributed by atoms with E-state index in [9.17, 15) is 4.79 Å². The van der Waals surface area contributed by atoms with Crippen molar-refractivity contribution in [1.82, 2.24) is 14.5 Å². The van der Waals surface area contributed by atoms with Gasteiger partial charge in [-0.05, 0) is 7.05 Å². The Morgan fingerprint density at radius 1 is 1.50 bits per heavy atom. The van der Waals surface area contributed by atoms with E-state index in [4.69, 9.17) is 5.11 Å². The fourth-order valence-electron chi connectivity index (χ4n) is 1.81. The van der Waals surface area contributed by atoms with E-state index in [0.29, 0.717) is 0 Å². The molecule has 5 nitrogen and oxygen atoms in total. The van der Waals surface area contributed by atoms with E-state index in [-0.39, 0.29) is 5.82 Å². The standard InChI is InChI=1S/C9H13N3O2/c1-11-4-3-6-7(5-11)12(2)8(10-6)9(13)14/h3-5H2,1-2H3,(H,13,14). The number of hydrogen-bond acceptors (Lipinski definition) is 3. The highest BCUT2D eigenvalue weighted by Gasteiger charge is 2.23. The predicted molar refractivity (Wildman–Crippen MR) is 50.2 cm³/mol. The molecule has 2 rings (SSSR count). The third kappa shape index (κ3) is 1.29. The lowest BCUT2D eigenvalue weighted by Gasteiger charge is -2.22. The quantitative estimate of drug-likeness (QED) is 0.690. The van der Waals surface area contributed by atoms with Crippen molar-refractivity contribution < 1.29 is 9.90 Å². The van der Waals surface area contributed by atoms with Gasteiger partial charge in [0, 0.05) is 26.6 Å². The third-order valence-electron chi connectivity index (χ3n) is 2.64. The molecule has 0 aliphatic carbocycles. The van der Waals surface area contributed by atoms with Gasteiger partial charge >= 0.3 is 5.97 Å². The molecule has 2 heterocycles. The van der Waals surface area contributed by atoms with Gasteiger partial charge in [-0.1, -0.05) is 0 Å². The summed E-state index contributed by atoms with van der Waals surface area (Å²) < 4.78 is 1.67. The molecule has 1 aromatic heterocycles. The van der Waals surface area contributed by atoms with Gasteiger partial charge in [-0.2, -0.15) is 0 Å². The van der Waals surface area contributed by atoms with Gasteiger partial charge in [0.2, 0.25) is 5.82 Å². The Balaban J connectivity index is 2.46. The zero-order valence-corrected chi connectivity index (χ0v) is 8.32. The number of carbonyl (C=O) groups is 1. The first-order chi connectivity index (χ1) is 6.59. The second-order valence-electron chi connectivity index (χ2n) is 3.68. The smallest absolute Gasteiger partial charge is 0.372 e. The highest BCUT2D eigenvalue weighted by Crippen LogP contribution is 2.17. The molecule has 1 N–H and O–H groups in total. The lowest BCUT2D eigenvalue weighted by molar-refractivity contribution is 0.0679. The van der Waals surface area contributed by atoms with Crippen molar-refractivity contribution in [3.63, 3.8) is 0 Å². The van der Waals surface area contributed by atoms with Crippen LogP contribution in [0.3, 0.4) is 0 Å². The van der Waals surface area contributed by atoms with E-state index in [0.717, 1.165) is 30.9 Å². The number of rotatable bonds is 1. The van der Waals surface area contributed by atoms with Crippen molar-refractivity contribution in [1.29, 1.82) is 0 Å². The van der Waals surface area contributed by atoms with Gasteiger partial charge in [0.05, 0.1) is 11.4 Å². The lowest BCUT2D eigenvalue weighted by Crippen LogP contribution is -2.27. The summed E-state index contributed by atoms with van der Waals surface area (Å²) >= 11 is 0. The molecule has 0 atom stereocenters. The van der Waals surface area contributed by atoms with E-state index in [1.54, 1.807) is 11.6 Å². The highest BCUT2D eigenvalue weighted by molar-refractivity contribution is 5.83. The number of imidazole rings is 1. The maximum absolute atomic E-state index is 10.8. The molecule has 0 amide bonds. The van der Waals surface area contributed by atoms with Crippen LogP contribution in [0.5, 0.6) is 0 Å². The zero-order chi connectivity index (χ0) is 10.3. The molecule has 1 aromatic rings. The molecule has 0 unspecified atom stereocenters. The van der Waals surface area contributed by atoms with Crippen molar-refractivity contribution in [3.05, 3.63) is 17.2 Å². The minimum absolute atomic E-state index is 0.144. The fourth-order valence-corrected chi connectivity index (χ4v) is 1.81. The van der Waals surface area contributed by atoms with Crippen LogP contribution in [0.15, 0.2) is 0 Å². The minimum Gasteiger partial charge on any atom is -0.475 e. The van der Waals surface area contributed by atoms with Crippen molar-refractivity contribution in [2.75, 3.05) is 13.6 Å². The lowest BCUT2D eigenvalue weighted by atomic mass is 10.1. The second kappa shape index (κ2) is 3.09. The summed E-state index contributed by atoms with van der Waals surface area (Å²) in [4.78, 5) is 17.1. The van der Waals surface area contributed by atoms with Crippen molar-refractivity contribution in [2.45, 2.75) is 13.0 Å². The number of likely N-dealkylation sites (N-methyl/N-ethyl adjacent to an activating group) is 1. The summed E-state index contributed by atoms with van der Waals surface area (Å²) in [5, 5.41) is 8.88. The molecular formula is C9H13N3O2. The van der Waals surface area contributed by atoms with Crippen LogP contribution in [-0.2, 0) is 20.0 Å². The number of fused-ring (bicyclic) bond motifs is 1. The summed E-state index contributed by atoms with van der Waals surface area (Å²) in [7, 11) is 3.78. The first kappa shape index (κ1) is 9.21. The van der Waals surface area contributed by atoms with E-state index < -0.39 is 5.97 Å². The van der Waals surface area contributed by atoms with Gasteiger partial charge in [-0.15, -0.1) is 0 Å². The Morgan fingerprint density at radius 3 is 2.86 bits per heavy atom. The normalized spacial score (nSPS) is 16.7. The van der Waals surface area contributed by atoms with Crippen LogP contribution < -0.4 is 0 Å². The fraction of sp³-hybridized carbons (Fsp3) is 0.556. The number of carboxylic acid groups (broad SMARTS) is 1. The summed E-state index contributed by atoms with van der Waals surface area (Å²) in [6, 6.07) is 0. The van der Waals surface area contributed by atoms with E-state index in [1.807, 2.05) is 7.05 Å². The molecule has 0 saturated carbocycles. The number of nitrogens with zero attached hydrogens (tertiary/aromatic N) is 3. The predicted octanol–water partition coefficient (Wildman–Crippen LogP) is 0.106. The number of aromatic nitrogens is 2. The van der Waals surface area contributed by atoms with E-state index in [2.05, 4.69) is 9.88 Å². The Hall–Kier alpha value is -1.36. The first-order valence-electron chi connectivity index (χ1n) is 4.56. The van der Waals surface area contributed by atoms with Gasteiger partial charge in [0.25, 0.3) is 0 Å². The van der Waals surface area contributed by atoms with Crippen molar-refractivity contribution in [3.8, 4) is 0 Å². The van der Waals surface area contributed by atoms with Crippen LogP contribution in [0.1, 0.15) is 22.0 Å². The SMILES string of the molecule is CN1CCc2nc(C(=O)O)n(C)c2C1. The average molecular weight is 195 g/mol. The number of carboxylic acids is 1.